The molecule has 50 heavy (non-hydrogen) atoms. The van der Waals surface area contributed by atoms with Crippen LogP contribution in [0.4, 0.5) is 0 Å². The van der Waals surface area contributed by atoms with Gasteiger partial charge in [-0.1, -0.05) is 133 Å². The van der Waals surface area contributed by atoms with Crippen molar-refractivity contribution in [2.24, 2.45) is 5.92 Å². The maximum Gasteiger partial charge on any atom is 0.0715 e. The second-order valence-electron chi connectivity index (χ2n) is 13.3. The molecule has 7 aromatic rings. The minimum Gasteiger partial charge on any atom is -0.256 e. The van der Waals surface area contributed by atoms with Crippen LogP contribution in [0.25, 0.3) is 67.2 Å². The molecule has 0 radical (unpaired) electrons. The molecule has 2 aliphatic carbocycles. The molecular formula is C48H36N2. The molecule has 0 N–H and O–H groups in total. The second kappa shape index (κ2) is 13.1. The Morgan fingerprint density at radius 2 is 1.02 bits per heavy atom. The van der Waals surface area contributed by atoms with Gasteiger partial charge in [0, 0.05) is 28.5 Å². The molecule has 0 spiro atoms. The summed E-state index contributed by atoms with van der Waals surface area (Å²) in [6, 6.07) is 56.4. The summed E-state index contributed by atoms with van der Waals surface area (Å²) >= 11 is 0. The lowest BCUT2D eigenvalue weighted by molar-refractivity contribution is 0.612. The third kappa shape index (κ3) is 5.80. The van der Waals surface area contributed by atoms with Crippen molar-refractivity contribution >= 4 is 11.1 Å². The van der Waals surface area contributed by atoms with Crippen molar-refractivity contribution in [3.8, 4) is 56.0 Å². The molecule has 1 atom stereocenters. The zero-order chi connectivity index (χ0) is 33.3. The van der Waals surface area contributed by atoms with E-state index in [1.54, 1.807) is 0 Å². The maximum atomic E-state index is 5.18. The summed E-state index contributed by atoms with van der Waals surface area (Å²) in [6.07, 6.45) is 10.1. The smallest absolute Gasteiger partial charge is 0.0715 e. The van der Waals surface area contributed by atoms with E-state index < -0.39 is 0 Å². The van der Waals surface area contributed by atoms with Crippen molar-refractivity contribution in [3.05, 3.63) is 192 Å². The number of fused-ring (bicyclic) bond motifs is 2. The number of pyridine rings is 2. The first-order valence-electron chi connectivity index (χ1n) is 17.6. The lowest BCUT2D eigenvalue weighted by Crippen LogP contribution is -2.35. The van der Waals surface area contributed by atoms with Gasteiger partial charge in [0.05, 0.1) is 17.1 Å². The van der Waals surface area contributed by atoms with Crippen LogP contribution >= 0.6 is 0 Å². The summed E-state index contributed by atoms with van der Waals surface area (Å²) in [4.78, 5) is 10.2. The fraction of sp³-hybridized carbons (Fsp3) is 0.0833. The van der Waals surface area contributed by atoms with Crippen LogP contribution in [-0.2, 0) is 0 Å². The predicted octanol–water partition coefficient (Wildman–Crippen LogP) is 10.5. The first kappa shape index (κ1) is 30.0. The Labute approximate surface area is 293 Å². The topological polar surface area (TPSA) is 25.8 Å². The highest BCUT2D eigenvalue weighted by molar-refractivity contribution is 5.84. The number of hydrogen-bond donors (Lipinski definition) is 0. The quantitative estimate of drug-likeness (QED) is 0.181. The molecule has 0 amide bonds. The van der Waals surface area contributed by atoms with E-state index in [1.807, 2.05) is 6.20 Å². The van der Waals surface area contributed by atoms with Crippen LogP contribution in [0.2, 0.25) is 0 Å². The van der Waals surface area contributed by atoms with Crippen LogP contribution in [0, 0.1) is 5.92 Å². The maximum absolute atomic E-state index is 5.18. The molecule has 0 saturated heterocycles. The first-order valence-corrected chi connectivity index (χ1v) is 17.6. The van der Waals surface area contributed by atoms with Gasteiger partial charge in [0.25, 0.3) is 0 Å². The van der Waals surface area contributed by atoms with Gasteiger partial charge in [0.1, 0.15) is 0 Å². The number of aromatic nitrogens is 2. The molecule has 2 nitrogen and oxygen atoms in total. The van der Waals surface area contributed by atoms with E-state index in [1.165, 1.54) is 39.1 Å². The van der Waals surface area contributed by atoms with Crippen LogP contribution in [0.1, 0.15) is 24.8 Å². The summed E-state index contributed by atoms with van der Waals surface area (Å²) in [5.41, 5.74) is 14.9. The molecule has 9 rings (SSSR count). The molecule has 0 saturated carbocycles. The highest BCUT2D eigenvalue weighted by Crippen LogP contribution is 2.38. The monoisotopic (exact) mass is 640 g/mol. The number of nitrogens with zero attached hydrogens (tertiary/aromatic N) is 2. The second-order valence-corrected chi connectivity index (χ2v) is 13.3. The minimum absolute atomic E-state index is 0.524. The Balaban J connectivity index is 1.27. The van der Waals surface area contributed by atoms with Gasteiger partial charge in [-0.25, -0.2) is 4.98 Å². The molecule has 0 bridgehead atoms. The molecule has 2 aromatic heterocycles. The Kier molecular flexibility index (Phi) is 7.83. The lowest BCUT2D eigenvalue weighted by Gasteiger charge is -2.27. The van der Waals surface area contributed by atoms with Gasteiger partial charge in [-0.15, -0.1) is 0 Å². The molecular weight excluding hydrogens is 605 g/mol. The van der Waals surface area contributed by atoms with Gasteiger partial charge >= 0.3 is 0 Å². The molecule has 1 unspecified atom stereocenters. The number of hydrogen-bond acceptors (Lipinski definition) is 2. The molecule has 0 aliphatic heterocycles. The summed E-state index contributed by atoms with van der Waals surface area (Å²) in [5.74, 6) is 0.524. The average Bonchev–Trinajstić information content (AvgIpc) is 3.21. The molecule has 2 heteroatoms. The van der Waals surface area contributed by atoms with Crippen molar-refractivity contribution in [2.75, 3.05) is 0 Å². The van der Waals surface area contributed by atoms with E-state index in [2.05, 4.69) is 170 Å². The van der Waals surface area contributed by atoms with Crippen LogP contribution in [0.15, 0.2) is 176 Å². The van der Waals surface area contributed by atoms with E-state index in [0.717, 1.165) is 63.3 Å². The van der Waals surface area contributed by atoms with Crippen molar-refractivity contribution in [1.29, 1.82) is 0 Å². The summed E-state index contributed by atoms with van der Waals surface area (Å²) < 4.78 is 0. The summed E-state index contributed by atoms with van der Waals surface area (Å²) in [7, 11) is 0. The normalized spacial score (nSPS) is 15.0. The van der Waals surface area contributed by atoms with Gasteiger partial charge in [0.15, 0.2) is 0 Å². The van der Waals surface area contributed by atoms with Crippen LogP contribution < -0.4 is 10.4 Å². The fourth-order valence-corrected chi connectivity index (χ4v) is 7.64. The third-order valence-corrected chi connectivity index (χ3v) is 10.2. The van der Waals surface area contributed by atoms with E-state index in [4.69, 9.17) is 9.97 Å². The highest BCUT2D eigenvalue weighted by Gasteiger charge is 2.24. The zero-order valence-electron chi connectivity index (χ0n) is 27.8. The lowest BCUT2D eigenvalue weighted by atomic mass is 9.77. The van der Waals surface area contributed by atoms with E-state index in [-0.39, 0.29) is 0 Å². The standard InChI is InChI=1S/C48H36N2/c1-4-14-33(15-5-1)37-24-25-46(49-32-37)41-27-38(26-40(28-41)45-29-36-20-10-11-21-42(36)43-22-12-13-23-44(43)45)39-30-47(34-16-6-2-7-17-34)50-48(31-39)35-18-8-3-9-19-35/h1-9,11-19,21-28,30-32,36H,10,20,29H2. The van der Waals surface area contributed by atoms with Crippen LogP contribution in [0.5, 0.6) is 0 Å². The van der Waals surface area contributed by atoms with Gasteiger partial charge in [0.2, 0.25) is 0 Å². The third-order valence-electron chi connectivity index (χ3n) is 10.2. The van der Waals surface area contributed by atoms with Gasteiger partial charge in [-0.3, -0.25) is 4.98 Å². The SMILES string of the molecule is C1=CC2=c3ccccc3=C(c3cc(-c4cc(-c5ccccc5)nc(-c5ccccc5)c4)cc(-c4ccc(-c5ccccc5)cn4)c3)CC2CC1. The van der Waals surface area contributed by atoms with Gasteiger partial charge in [-0.05, 0) is 105 Å². The fourth-order valence-electron chi connectivity index (χ4n) is 7.64. The molecule has 2 aliphatic rings. The minimum atomic E-state index is 0.524. The van der Waals surface area contributed by atoms with Crippen LogP contribution in [-0.4, -0.2) is 9.97 Å². The Morgan fingerprint density at radius 1 is 0.440 bits per heavy atom. The Morgan fingerprint density at radius 3 is 1.68 bits per heavy atom. The van der Waals surface area contributed by atoms with Crippen molar-refractivity contribution in [2.45, 2.75) is 19.3 Å². The summed E-state index contributed by atoms with van der Waals surface area (Å²) in [6.45, 7) is 0. The summed E-state index contributed by atoms with van der Waals surface area (Å²) in [5, 5.41) is 2.71. The van der Waals surface area contributed by atoms with E-state index >= 15 is 0 Å². The van der Waals surface area contributed by atoms with Gasteiger partial charge < -0.3 is 0 Å². The molecule has 5 aromatic carbocycles. The van der Waals surface area contributed by atoms with Crippen molar-refractivity contribution in [3.63, 3.8) is 0 Å². The molecule has 238 valence electrons. The highest BCUT2D eigenvalue weighted by atomic mass is 14.7. The van der Waals surface area contributed by atoms with E-state index in [9.17, 15) is 0 Å². The molecule has 0 fully saturated rings. The zero-order valence-corrected chi connectivity index (χ0v) is 27.8. The first-order chi connectivity index (χ1) is 24.8. The number of allylic oxidation sites excluding steroid dienone is 2. The largest absolute Gasteiger partial charge is 0.256 e. The van der Waals surface area contributed by atoms with Crippen molar-refractivity contribution in [1.82, 2.24) is 9.97 Å². The van der Waals surface area contributed by atoms with Gasteiger partial charge in [-0.2, -0.15) is 0 Å². The average molecular weight is 641 g/mol. The predicted molar refractivity (Wildman–Crippen MR) is 207 cm³/mol. The van der Waals surface area contributed by atoms with Crippen molar-refractivity contribution < 1.29 is 0 Å². The van der Waals surface area contributed by atoms with E-state index in [0.29, 0.717) is 5.92 Å². The van der Waals surface area contributed by atoms with Crippen LogP contribution in [0.3, 0.4) is 0 Å². The molecule has 2 heterocycles. The Bertz CT molecular complexity index is 2420. The number of benzene rings is 5. The Hall–Kier alpha value is -6.12. The number of rotatable bonds is 6.